The summed E-state index contributed by atoms with van der Waals surface area (Å²) < 4.78 is 13.0. The molecule has 32 heavy (non-hydrogen) atoms. The van der Waals surface area contributed by atoms with Crippen molar-refractivity contribution in [3.63, 3.8) is 0 Å². The van der Waals surface area contributed by atoms with Gasteiger partial charge < -0.3 is 14.5 Å². The molecular formula is C24H24N4O4. The van der Waals surface area contributed by atoms with E-state index in [-0.39, 0.29) is 17.1 Å². The van der Waals surface area contributed by atoms with Crippen LogP contribution in [0.25, 0.3) is 22.2 Å². The van der Waals surface area contributed by atoms with Crippen LogP contribution in [0.1, 0.15) is 43.6 Å². The third-order valence-corrected chi connectivity index (χ3v) is 5.86. The van der Waals surface area contributed by atoms with Crippen LogP contribution in [0.3, 0.4) is 0 Å². The van der Waals surface area contributed by atoms with Crippen LogP contribution in [0.4, 0.5) is 5.69 Å². The average molecular weight is 432 g/mol. The fourth-order valence-electron chi connectivity index (χ4n) is 4.03. The number of amides is 1. The lowest BCUT2D eigenvalue weighted by Gasteiger charge is -2.30. The number of ether oxygens (including phenoxy) is 1. The van der Waals surface area contributed by atoms with E-state index < -0.39 is 11.6 Å². The van der Waals surface area contributed by atoms with Crippen molar-refractivity contribution in [3.05, 3.63) is 63.8 Å². The highest BCUT2D eigenvalue weighted by Gasteiger charge is 2.29. The molecule has 8 nitrogen and oxygen atoms in total. The van der Waals surface area contributed by atoms with E-state index in [4.69, 9.17) is 9.15 Å². The topological polar surface area (TPSA) is 99.2 Å². The Balaban J connectivity index is 1.52. The molecule has 1 amide bonds. The molecule has 3 aromatic heterocycles. The molecule has 0 saturated heterocycles. The van der Waals surface area contributed by atoms with Crippen molar-refractivity contribution in [2.45, 2.75) is 52.4 Å². The molecule has 0 spiro atoms. The van der Waals surface area contributed by atoms with Crippen molar-refractivity contribution in [1.82, 2.24) is 14.5 Å². The second-order valence-electron chi connectivity index (χ2n) is 8.94. The Bertz CT molecular complexity index is 1430. The summed E-state index contributed by atoms with van der Waals surface area (Å²) in [6.07, 6.45) is 2.04. The van der Waals surface area contributed by atoms with Gasteiger partial charge in [0, 0.05) is 17.7 Å². The number of hydrogen-bond donors (Lipinski definition) is 1. The first-order valence-corrected chi connectivity index (χ1v) is 10.6. The fraction of sp³-hybridized carbons (Fsp3) is 0.333. The zero-order valence-corrected chi connectivity index (χ0v) is 18.4. The minimum atomic E-state index is -0.775. The first-order valence-electron chi connectivity index (χ1n) is 10.6. The molecule has 1 N–H and O–H groups in total. The van der Waals surface area contributed by atoms with Gasteiger partial charge in [-0.1, -0.05) is 12.1 Å². The molecular weight excluding hydrogens is 408 g/mol. The largest absolute Gasteiger partial charge is 0.430 e. The lowest BCUT2D eigenvalue weighted by molar-refractivity contribution is -0.118. The summed E-state index contributed by atoms with van der Waals surface area (Å²) in [6, 6.07) is 8.64. The summed E-state index contributed by atoms with van der Waals surface area (Å²) in [5.41, 5.74) is 3.75. The van der Waals surface area contributed by atoms with Crippen molar-refractivity contribution in [2.75, 3.05) is 5.32 Å². The number of benzene rings is 1. The molecule has 5 rings (SSSR count). The van der Waals surface area contributed by atoms with E-state index in [2.05, 4.69) is 15.3 Å². The molecule has 0 fully saturated rings. The van der Waals surface area contributed by atoms with Gasteiger partial charge >= 0.3 is 0 Å². The van der Waals surface area contributed by atoms with Gasteiger partial charge in [-0.3, -0.25) is 14.2 Å². The van der Waals surface area contributed by atoms with E-state index in [0.717, 1.165) is 16.8 Å². The molecule has 0 saturated carbocycles. The maximum atomic E-state index is 13.2. The number of nitrogens with one attached hydrogen (secondary N) is 1. The molecule has 8 heteroatoms. The molecule has 1 atom stereocenters. The molecule has 1 aliphatic heterocycles. The second-order valence-corrected chi connectivity index (χ2v) is 8.94. The monoisotopic (exact) mass is 432 g/mol. The van der Waals surface area contributed by atoms with Crippen LogP contribution in [-0.2, 0) is 22.6 Å². The predicted molar refractivity (Wildman–Crippen MR) is 121 cm³/mol. The third kappa shape index (κ3) is 3.46. The van der Waals surface area contributed by atoms with Crippen LogP contribution in [0.5, 0.6) is 0 Å². The van der Waals surface area contributed by atoms with Crippen molar-refractivity contribution in [3.8, 4) is 0 Å². The van der Waals surface area contributed by atoms with Crippen LogP contribution in [0.15, 0.2) is 45.9 Å². The quantitative estimate of drug-likeness (QED) is 0.527. The highest BCUT2D eigenvalue weighted by Crippen LogP contribution is 2.32. The van der Waals surface area contributed by atoms with Crippen LogP contribution < -0.4 is 10.9 Å². The molecule has 0 bridgehead atoms. The molecule has 164 valence electrons. The van der Waals surface area contributed by atoms with E-state index in [1.807, 2.05) is 45.0 Å². The number of furan rings is 1. The molecule has 0 aliphatic carbocycles. The minimum Gasteiger partial charge on any atom is -0.430 e. The zero-order chi connectivity index (χ0) is 22.6. The molecule has 0 unspecified atom stereocenters. The Labute approximate surface area is 184 Å². The zero-order valence-electron chi connectivity index (χ0n) is 18.4. The Morgan fingerprint density at radius 2 is 2.09 bits per heavy atom. The van der Waals surface area contributed by atoms with E-state index in [1.54, 1.807) is 13.0 Å². The number of rotatable bonds is 3. The van der Waals surface area contributed by atoms with Crippen molar-refractivity contribution < 1.29 is 13.9 Å². The highest BCUT2D eigenvalue weighted by atomic mass is 16.5. The number of nitrogens with zero attached hydrogens (tertiary/aromatic N) is 3. The second kappa shape index (κ2) is 7.27. The number of carbonyl (C=O) groups excluding carboxylic acids is 1. The number of fused-ring (bicyclic) bond motifs is 4. The molecule has 0 radical (unpaired) electrons. The van der Waals surface area contributed by atoms with E-state index >= 15 is 0 Å². The Kier molecular flexibility index (Phi) is 4.63. The molecule has 1 aromatic carbocycles. The Morgan fingerprint density at radius 3 is 2.88 bits per heavy atom. The van der Waals surface area contributed by atoms with Crippen LogP contribution in [0, 0.1) is 6.92 Å². The number of anilines is 1. The lowest BCUT2D eigenvalue weighted by Crippen LogP contribution is -2.32. The van der Waals surface area contributed by atoms with Crippen molar-refractivity contribution in [1.29, 1.82) is 0 Å². The average Bonchev–Trinajstić information content (AvgIpc) is 3.09. The minimum absolute atomic E-state index is 0.0905. The summed E-state index contributed by atoms with van der Waals surface area (Å²) in [5.74, 6) is -0.317. The van der Waals surface area contributed by atoms with Gasteiger partial charge in [0.1, 0.15) is 11.6 Å². The summed E-state index contributed by atoms with van der Waals surface area (Å²) >= 11 is 0. The first-order chi connectivity index (χ1) is 15.2. The number of aromatic nitrogens is 3. The van der Waals surface area contributed by atoms with Gasteiger partial charge in [0.15, 0.2) is 0 Å². The maximum Gasteiger partial charge on any atom is 0.297 e. The molecule has 1 aliphatic rings. The maximum absolute atomic E-state index is 13.2. The fourth-order valence-corrected chi connectivity index (χ4v) is 4.03. The van der Waals surface area contributed by atoms with Crippen LogP contribution in [0.2, 0.25) is 0 Å². The summed E-state index contributed by atoms with van der Waals surface area (Å²) in [6.45, 7) is 8.08. The van der Waals surface area contributed by atoms with E-state index in [0.29, 0.717) is 35.3 Å². The number of hydrogen-bond acceptors (Lipinski definition) is 6. The number of aryl methyl sites for hydroxylation is 1. The van der Waals surface area contributed by atoms with Crippen LogP contribution in [-0.4, -0.2) is 26.0 Å². The summed E-state index contributed by atoms with van der Waals surface area (Å²) in [5, 5.41) is 3.51. The predicted octanol–water partition coefficient (Wildman–Crippen LogP) is 3.90. The smallest absolute Gasteiger partial charge is 0.297 e. The van der Waals surface area contributed by atoms with Gasteiger partial charge in [0.05, 0.1) is 29.6 Å². The van der Waals surface area contributed by atoms with Gasteiger partial charge in [0.2, 0.25) is 17.2 Å². The van der Waals surface area contributed by atoms with Gasteiger partial charge in [-0.15, -0.1) is 0 Å². The normalized spacial score (nSPS) is 16.1. The highest BCUT2D eigenvalue weighted by molar-refractivity contribution is 6.01. The molecule has 4 heterocycles. The lowest BCUT2D eigenvalue weighted by atomic mass is 9.95. The van der Waals surface area contributed by atoms with Crippen LogP contribution >= 0.6 is 0 Å². The van der Waals surface area contributed by atoms with Crippen molar-refractivity contribution >= 4 is 33.8 Å². The standard InChI is InChI=1S/C24H24N4O4/c1-13-6-5-7-16(8-13)26-21(29)14(2)28-12-25-19-17-9-15-11-31-24(3,4)10-18(15)27-22(17)32-20(19)23(28)30/h5-9,12,14H,10-11H2,1-4H3,(H,26,29)/t14-/m1/s1. The van der Waals surface area contributed by atoms with Crippen molar-refractivity contribution in [2.24, 2.45) is 0 Å². The van der Waals surface area contributed by atoms with Gasteiger partial charge in [0.25, 0.3) is 5.56 Å². The SMILES string of the molecule is Cc1cccc(NC(=O)[C@@H](C)n2cnc3c(oc4nc5c(cc43)COC(C)(C)C5)c2=O)c1. The number of pyridine rings is 1. The first kappa shape index (κ1) is 20.4. The Morgan fingerprint density at radius 1 is 1.28 bits per heavy atom. The van der Waals surface area contributed by atoms with E-state index in [9.17, 15) is 9.59 Å². The third-order valence-electron chi connectivity index (χ3n) is 5.86. The van der Waals surface area contributed by atoms with E-state index in [1.165, 1.54) is 10.9 Å². The van der Waals surface area contributed by atoms with Gasteiger partial charge in [-0.25, -0.2) is 9.97 Å². The summed E-state index contributed by atoms with van der Waals surface area (Å²) in [4.78, 5) is 35.0. The van der Waals surface area contributed by atoms with Gasteiger partial charge in [-0.2, -0.15) is 0 Å². The molecule has 4 aromatic rings. The number of carbonyl (C=O) groups is 1. The van der Waals surface area contributed by atoms with Gasteiger partial charge in [-0.05, 0) is 51.5 Å². The Hall–Kier alpha value is -3.52. The summed E-state index contributed by atoms with van der Waals surface area (Å²) in [7, 11) is 0.